The Kier molecular flexibility index (Phi) is 4.28. The molecule has 1 unspecified atom stereocenters. The highest BCUT2D eigenvalue weighted by atomic mass is 16.2. The van der Waals surface area contributed by atoms with Crippen molar-refractivity contribution in [1.29, 1.82) is 0 Å². The third-order valence-corrected chi connectivity index (χ3v) is 6.83. The molecule has 4 aliphatic rings. The van der Waals surface area contributed by atoms with Gasteiger partial charge in [0.05, 0.1) is 0 Å². The zero-order chi connectivity index (χ0) is 21.8. The van der Waals surface area contributed by atoms with Gasteiger partial charge in [-0.1, -0.05) is 43.5 Å². The van der Waals surface area contributed by atoms with Crippen LogP contribution in [0.25, 0.3) is 0 Å². The highest BCUT2D eigenvalue weighted by molar-refractivity contribution is 6.11. The van der Waals surface area contributed by atoms with E-state index in [0.717, 1.165) is 35.3 Å². The number of rotatable bonds is 3. The topological polar surface area (TPSA) is 128 Å². The first-order valence-electron chi connectivity index (χ1n) is 10.5. The van der Waals surface area contributed by atoms with Crippen molar-refractivity contribution < 1.29 is 24.0 Å². The Morgan fingerprint density at radius 3 is 2.45 bits per heavy atom. The minimum Gasteiger partial charge on any atom is -0.322 e. The van der Waals surface area contributed by atoms with Gasteiger partial charge in [-0.2, -0.15) is 5.01 Å². The molecule has 0 bridgehead atoms. The molecule has 0 radical (unpaired) electrons. The summed E-state index contributed by atoms with van der Waals surface area (Å²) in [5.41, 5.74) is 1.86. The van der Waals surface area contributed by atoms with Crippen molar-refractivity contribution in [2.75, 3.05) is 6.54 Å². The minimum atomic E-state index is -1.17. The van der Waals surface area contributed by atoms with E-state index in [2.05, 4.69) is 16.1 Å². The first kappa shape index (κ1) is 19.5. The summed E-state index contributed by atoms with van der Waals surface area (Å²) < 4.78 is 0. The van der Waals surface area contributed by atoms with Gasteiger partial charge in [0, 0.05) is 0 Å². The summed E-state index contributed by atoms with van der Waals surface area (Å²) >= 11 is 0. The summed E-state index contributed by atoms with van der Waals surface area (Å²) in [5, 5.41) is 6.12. The van der Waals surface area contributed by atoms with Crippen molar-refractivity contribution in [3.05, 3.63) is 35.4 Å². The maximum absolute atomic E-state index is 13.1. The van der Waals surface area contributed by atoms with Crippen LogP contribution in [0.5, 0.6) is 0 Å². The molecule has 10 heteroatoms. The molecule has 5 rings (SSSR count). The van der Waals surface area contributed by atoms with E-state index in [4.69, 9.17) is 0 Å². The fourth-order valence-electron chi connectivity index (χ4n) is 5.25. The van der Waals surface area contributed by atoms with Gasteiger partial charge in [-0.25, -0.2) is 9.59 Å². The lowest BCUT2D eigenvalue weighted by atomic mass is 9.82. The average molecular weight is 425 g/mol. The molecule has 2 aliphatic carbocycles. The first-order valence-corrected chi connectivity index (χ1v) is 10.5. The van der Waals surface area contributed by atoms with Crippen molar-refractivity contribution in [2.24, 2.45) is 0 Å². The third-order valence-electron chi connectivity index (χ3n) is 6.83. The van der Waals surface area contributed by atoms with E-state index in [1.54, 1.807) is 12.1 Å². The van der Waals surface area contributed by atoms with Gasteiger partial charge in [0.2, 0.25) is 0 Å². The van der Waals surface area contributed by atoms with Gasteiger partial charge in [0.15, 0.2) is 0 Å². The Hall–Kier alpha value is -3.43. The Balaban J connectivity index is 1.29. The molecule has 3 N–H and O–H groups in total. The highest BCUT2D eigenvalue weighted by Gasteiger charge is 2.56. The van der Waals surface area contributed by atoms with Crippen LogP contribution in [0.1, 0.15) is 49.7 Å². The molecule has 0 aromatic heterocycles. The summed E-state index contributed by atoms with van der Waals surface area (Å²) in [6, 6.07) is 6.04. The molecule has 2 saturated heterocycles. The highest BCUT2D eigenvalue weighted by Crippen LogP contribution is 2.41. The fraction of sp³-hybridized carbons (Fsp3) is 0.476. The van der Waals surface area contributed by atoms with Crippen LogP contribution in [0.2, 0.25) is 0 Å². The lowest BCUT2D eigenvalue weighted by molar-refractivity contribution is -0.141. The summed E-state index contributed by atoms with van der Waals surface area (Å²) in [6.07, 6.45) is 4.75. The molecule has 2 heterocycles. The number of carbonyl (C=O) groups is 5. The van der Waals surface area contributed by atoms with Crippen LogP contribution < -0.4 is 16.1 Å². The number of nitrogens with one attached hydrogen (secondary N) is 3. The number of hydrogen-bond acceptors (Lipinski definition) is 5. The maximum Gasteiger partial charge on any atom is 0.344 e. The molecule has 162 valence electrons. The molecule has 2 spiro atoms. The molecule has 7 amide bonds. The van der Waals surface area contributed by atoms with Crippen molar-refractivity contribution in [1.82, 2.24) is 26.0 Å². The third kappa shape index (κ3) is 2.81. The van der Waals surface area contributed by atoms with E-state index >= 15 is 0 Å². The van der Waals surface area contributed by atoms with E-state index in [-0.39, 0.29) is 0 Å². The first-order chi connectivity index (χ1) is 14.9. The van der Waals surface area contributed by atoms with Crippen LogP contribution >= 0.6 is 0 Å². The summed E-state index contributed by atoms with van der Waals surface area (Å²) in [4.78, 5) is 64.3. The van der Waals surface area contributed by atoms with Crippen LogP contribution in [0.4, 0.5) is 9.59 Å². The second kappa shape index (κ2) is 6.79. The zero-order valence-electron chi connectivity index (χ0n) is 16.9. The number of fused-ring (bicyclic) bond motifs is 2. The molecule has 10 nitrogen and oxygen atoms in total. The summed E-state index contributed by atoms with van der Waals surface area (Å²) in [7, 11) is 0. The van der Waals surface area contributed by atoms with E-state index in [9.17, 15) is 24.0 Å². The van der Waals surface area contributed by atoms with Gasteiger partial charge in [0.1, 0.15) is 17.6 Å². The van der Waals surface area contributed by atoms with Crippen molar-refractivity contribution in [3.8, 4) is 0 Å². The van der Waals surface area contributed by atoms with Crippen LogP contribution in [-0.2, 0) is 26.3 Å². The van der Waals surface area contributed by atoms with Gasteiger partial charge in [-0.05, 0) is 36.8 Å². The number of imide groups is 2. The number of nitrogens with zero attached hydrogens (tertiary/aromatic N) is 2. The second-order valence-corrected chi connectivity index (χ2v) is 8.63. The SMILES string of the molecule is O=C(CN1C(=O)NC2(CCc3ccccc32)C1=O)NN1C(=O)NC2(CCCCC2)C1=O. The number of hydrogen-bond donors (Lipinski definition) is 3. The minimum absolute atomic E-state index is 0.421. The average Bonchev–Trinajstić information content (AvgIpc) is 3.32. The van der Waals surface area contributed by atoms with Gasteiger partial charge in [0.25, 0.3) is 17.7 Å². The molecular formula is C21H23N5O5. The lowest BCUT2D eigenvalue weighted by Gasteiger charge is -2.30. The molecule has 2 aliphatic heterocycles. The Labute approximate surface area is 178 Å². The summed E-state index contributed by atoms with van der Waals surface area (Å²) in [5.74, 6) is -1.79. The van der Waals surface area contributed by atoms with E-state index < -0.39 is 47.4 Å². The molecule has 1 aromatic rings. The predicted molar refractivity (Wildman–Crippen MR) is 106 cm³/mol. The number of aryl methyl sites for hydroxylation is 1. The molecule has 1 aromatic carbocycles. The second-order valence-electron chi connectivity index (χ2n) is 8.63. The number of benzene rings is 1. The molecule has 1 saturated carbocycles. The Morgan fingerprint density at radius 2 is 1.68 bits per heavy atom. The Morgan fingerprint density at radius 1 is 0.935 bits per heavy atom. The smallest absolute Gasteiger partial charge is 0.322 e. The Bertz CT molecular complexity index is 1020. The van der Waals surface area contributed by atoms with Crippen LogP contribution in [0.3, 0.4) is 0 Å². The van der Waals surface area contributed by atoms with E-state index in [0.29, 0.717) is 30.7 Å². The lowest BCUT2D eigenvalue weighted by Crippen LogP contribution is -2.53. The number of amides is 7. The molecule has 3 fully saturated rings. The summed E-state index contributed by atoms with van der Waals surface area (Å²) in [6.45, 7) is -0.585. The maximum atomic E-state index is 13.1. The van der Waals surface area contributed by atoms with Gasteiger partial charge < -0.3 is 10.6 Å². The normalized spacial score (nSPS) is 26.5. The zero-order valence-corrected chi connectivity index (χ0v) is 16.9. The van der Waals surface area contributed by atoms with Crippen LogP contribution in [-0.4, -0.2) is 51.8 Å². The van der Waals surface area contributed by atoms with Crippen molar-refractivity contribution in [2.45, 2.75) is 56.0 Å². The van der Waals surface area contributed by atoms with E-state index in [1.165, 1.54) is 0 Å². The van der Waals surface area contributed by atoms with Crippen LogP contribution in [0.15, 0.2) is 24.3 Å². The number of urea groups is 2. The fourth-order valence-corrected chi connectivity index (χ4v) is 5.25. The standard InChI is InChI=1S/C21H23N5O5/c27-15(24-26-16(28)20(22-19(26)31)9-4-1-5-10-20)12-25-17(29)21(23-18(25)30)11-8-13-6-2-3-7-14(13)21/h2-3,6-7H,1,4-5,8-12H2,(H,22,31)(H,23,30)(H,24,27). The molecule has 1 atom stereocenters. The van der Waals surface area contributed by atoms with Gasteiger partial charge in [-0.3, -0.25) is 24.7 Å². The van der Waals surface area contributed by atoms with E-state index in [1.807, 2.05) is 12.1 Å². The predicted octanol–water partition coefficient (Wildman–Crippen LogP) is 0.666. The van der Waals surface area contributed by atoms with Gasteiger partial charge in [-0.15, -0.1) is 0 Å². The van der Waals surface area contributed by atoms with Crippen molar-refractivity contribution >= 4 is 29.8 Å². The monoisotopic (exact) mass is 425 g/mol. The molecule has 31 heavy (non-hydrogen) atoms. The largest absolute Gasteiger partial charge is 0.344 e. The van der Waals surface area contributed by atoms with Crippen LogP contribution in [0, 0.1) is 0 Å². The van der Waals surface area contributed by atoms with Crippen molar-refractivity contribution in [3.63, 3.8) is 0 Å². The number of hydrazine groups is 1. The number of carbonyl (C=O) groups excluding carboxylic acids is 5. The van der Waals surface area contributed by atoms with Gasteiger partial charge >= 0.3 is 12.1 Å². The quantitative estimate of drug-likeness (QED) is 0.613. The molecular weight excluding hydrogens is 402 g/mol.